The monoisotopic (exact) mass is 489 g/mol. The van der Waals surface area contributed by atoms with E-state index in [0.29, 0.717) is 21.5 Å². The molecule has 0 saturated heterocycles. The van der Waals surface area contributed by atoms with E-state index in [1.54, 1.807) is 30.3 Å². The molecule has 0 unspecified atom stereocenters. The largest absolute Gasteiger partial charge is 0.269 e. The molecule has 10 heteroatoms. The van der Waals surface area contributed by atoms with Gasteiger partial charge in [0, 0.05) is 37.4 Å². The van der Waals surface area contributed by atoms with Gasteiger partial charge in [0.25, 0.3) is 10.0 Å². The molecule has 0 spiro atoms. The van der Waals surface area contributed by atoms with Gasteiger partial charge in [-0.05, 0) is 42.8 Å². The van der Waals surface area contributed by atoms with E-state index < -0.39 is 20.0 Å². The molecule has 4 rings (SSSR count). The number of benzene rings is 2. The van der Waals surface area contributed by atoms with Crippen molar-refractivity contribution in [2.45, 2.75) is 16.7 Å². The number of rotatable bonds is 5. The molecule has 166 valence electrons. The van der Waals surface area contributed by atoms with Crippen molar-refractivity contribution in [2.24, 2.45) is 0 Å². The van der Waals surface area contributed by atoms with Gasteiger partial charge in [-0.25, -0.2) is 30.1 Å². The Hall–Kier alpha value is -2.72. The zero-order chi connectivity index (χ0) is 23.3. The van der Waals surface area contributed by atoms with Crippen molar-refractivity contribution < 1.29 is 16.8 Å². The second-order valence-electron chi connectivity index (χ2n) is 7.46. The molecule has 0 aliphatic carbocycles. The summed E-state index contributed by atoms with van der Waals surface area (Å²) in [4.78, 5) is 4.46. The summed E-state index contributed by atoms with van der Waals surface area (Å²) in [5, 5.41) is 0.730. The predicted molar refractivity (Wildman–Crippen MR) is 125 cm³/mol. The summed E-state index contributed by atoms with van der Waals surface area (Å²) in [5.74, 6) is 0. The van der Waals surface area contributed by atoms with Crippen LogP contribution in [0.4, 0.5) is 0 Å². The Morgan fingerprint density at radius 2 is 1.62 bits per heavy atom. The molecule has 7 nitrogen and oxygen atoms in total. The second kappa shape index (κ2) is 8.00. The van der Waals surface area contributed by atoms with Gasteiger partial charge < -0.3 is 0 Å². The van der Waals surface area contributed by atoms with E-state index in [1.165, 1.54) is 50.8 Å². The van der Waals surface area contributed by atoms with Crippen molar-refractivity contribution >= 4 is 42.7 Å². The molecule has 0 N–H and O–H groups in total. The van der Waals surface area contributed by atoms with Crippen LogP contribution in [-0.2, 0) is 20.0 Å². The molecule has 0 aliphatic rings. The lowest BCUT2D eigenvalue weighted by Gasteiger charge is -2.12. The summed E-state index contributed by atoms with van der Waals surface area (Å²) < 4.78 is 54.2. The number of aromatic nitrogens is 2. The Labute approximate surface area is 192 Å². The molecule has 2 aromatic heterocycles. The number of aryl methyl sites for hydroxylation is 1. The SMILES string of the molecule is Cc1ccc(S(=O)(=O)n2cc(-c3cccc(S(=O)(=O)N(C)C)c3)c3c(Cl)ccnc32)cc1. The number of halogens is 1. The third-order valence-electron chi connectivity index (χ3n) is 5.11. The van der Waals surface area contributed by atoms with Crippen molar-refractivity contribution in [3.63, 3.8) is 0 Å². The third-order valence-corrected chi connectivity index (χ3v) is 8.90. The van der Waals surface area contributed by atoms with Crippen LogP contribution in [0.3, 0.4) is 0 Å². The van der Waals surface area contributed by atoms with Crippen LogP contribution in [0, 0.1) is 6.92 Å². The maximum atomic E-state index is 13.4. The molecule has 2 heterocycles. The van der Waals surface area contributed by atoms with Gasteiger partial charge in [-0.1, -0.05) is 41.4 Å². The van der Waals surface area contributed by atoms with Crippen molar-refractivity contribution in [1.82, 2.24) is 13.3 Å². The molecule has 0 saturated carbocycles. The molecule has 32 heavy (non-hydrogen) atoms. The Balaban J connectivity index is 1.99. The Morgan fingerprint density at radius 3 is 2.28 bits per heavy atom. The van der Waals surface area contributed by atoms with Crippen LogP contribution in [0.2, 0.25) is 5.02 Å². The summed E-state index contributed by atoms with van der Waals surface area (Å²) >= 11 is 6.45. The van der Waals surface area contributed by atoms with Crippen LogP contribution in [0.15, 0.2) is 76.8 Å². The van der Waals surface area contributed by atoms with Gasteiger partial charge in [-0.2, -0.15) is 0 Å². The third kappa shape index (κ3) is 3.71. The minimum absolute atomic E-state index is 0.0855. The van der Waals surface area contributed by atoms with Gasteiger partial charge in [-0.15, -0.1) is 0 Å². The first kappa shape index (κ1) is 22.5. The van der Waals surface area contributed by atoms with Crippen molar-refractivity contribution in [1.29, 1.82) is 0 Å². The topological polar surface area (TPSA) is 89.3 Å². The average Bonchev–Trinajstić information content (AvgIpc) is 3.16. The highest BCUT2D eigenvalue weighted by Crippen LogP contribution is 2.37. The molecule has 0 amide bonds. The summed E-state index contributed by atoms with van der Waals surface area (Å²) in [6, 6.07) is 14.4. The normalized spacial score (nSPS) is 12.5. The Morgan fingerprint density at radius 1 is 0.938 bits per heavy atom. The fourth-order valence-corrected chi connectivity index (χ4v) is 5.86. The van der Waals surface area contributed by atoms with Crippen molar-refractivity contribution in [3.8, 4) is 11.1 Å². The summed E-state index contributed by atoms with van der Waals surface area (Å²) in [6.45, 7) is 1.87. The predicted octanol–water partition coefficient (Wildman–Crippen LogP) is 4.15. The van der Waals surface area contributed by atoms with Crippen LogP contribution in [0.1, 0.15) is 5.56 Å². The maximum absolute atomic E-state index is 13.4. The van der Waals surface area contributed by atoms with Gasteiger partial charge in [0.15, 0.2) is 5.65 Å². The van der Waals surface area contributed by atoms with Gasteiger partial charge >= 0.3 is 0 Å². The molecule has 0 fully saturated rings. The molecule has 0 atom stereocenters. The zero-order valence-electron chi connectivity index (χ0n) is 17.5. The van der Waals surface area contributed by atoms with E-state index >= 15 is 0 Å². The van der Waals surface area contributed by atoms with Crippen molar-refractivity contribution in [3.05, 3.63) is 77.6 Å². The second-order valence-corrected chi connectivity index (χ2v) is 11.8. The highest BCUT2D eigenvalue weighted by Gasteiger charge is 2.25. The molecular weight excluding hydrogens is 470 g/mol. The lowest BCUT2D eigenvalue weighted by Crippen LogP contribution is -2.22. The fraction of sp³-hybridized carbons (Fsp3) is 0.136. The number of hydrogen-bond donors (Lipinski definition) is 0. The smallest absolute Gasteiger partial charge is 0.237 e. The van der Waals surface area contributed by atoms with Crippen LogP contribution in [0.25, 0.3) is 22.2 Å². The fourth-order valence-electron chi connectivity index (χ4n) is 3.35. The first-order valence-corrected chi connectivity index (χ1v) is 12.8. The van der Waals surface area contributed by atoms with E-state index in [1.807, 2.05) is 6.92 Å². The van der Waals surface area contributed by atoms with E-state index in [0.717, 1.165) is 13.8 Å². The van der Waals surface area contributed by atoms with Crippen LogP contribution < -0.4 is 0 Å². The summed E-state index contributed by atoms with van der Waals surface area (Å²) in [6.07, 6.45) is 2.86. The van der Waals surface area contributed by atoms with Gasteiger partial charge in [0.1, 0.15) is 0 Å². The zero-order valence-corrected chi connectivity index (χ0v) is 19.9. The van der Waals surface area contributed by atoms with Crippen LogP contribution in [0.5, 0.6) is 0 Å². The Bertz CT molecular complexity index is 1540. The number of fused-ring (bicyclic) bond motifs is 1. The van der Waals surface area contributed by atoms with E-state index in [9.17, 15) is 16.8 Å². The minimum Gasteiger partial charge on any atom is -0.237 e. The van der Waals surface area contributed by atoms with E-state index in [4.69, 9.17) is 11.6 Å². The number of hydrogen-bond acceptors (Lipinski definition) is 5. The van der Waals surface area contributed by atoms with Gasteiger partial charge in [0.2, 0.25) is 10.0 Å². The number of nitrogens with zero attached hydrogens (tertiary/aromatic N) is 3. The Kier molecular flexibility index (Phi) is 5.62. The maximum Gasteiger partial charge on any atom is 0.269 e. The number of pyridine rings is 1. The standard InChI is InChI=1S/C22H20ClN3O4S2/c1-15-7-9-17(10-8-15)32(29,30)26-14-19(21-20(23)11-12-24-22(21)26)16-5-4-6-18(13-16)31(27,28)25(2)3/h4-14H,1-3H3. The average molecular weight is 490 g/mol. The number of sulfonamides is 1. The van der Waals surface area contributed by atoms with Gasteiger partial charge in [0.05, 0.1) is 14.8 Å². The van der Waals surface area contributed by atoms with Gasteiger partial charge in [-0.3, -0.25) is 0 Å². The van der Waals surface area contributed by atoms with Crippen LogP contribution >= 0.6 is 11.6 Å². The first-order chi connectivity index (χ1) is 15.0. The summed E-state index contributed by atoms with van der Waals surface area (Å²) in [5.41, 5.74) is 2.06. The highest BCUT2D eigenvalue weighted by molar-refractivity contribution is 7.90. The minimum atomic E-state index is -3.97. The van der Waals surface area contributed by atoms with E-state index in [2.05, 4.69) is 4.98 Å². The molecular formula is C22H20ClN3O4S2. The summed E-state index contributed by atoms with van der Waals surface area (Å²) in [7, 11) is -4.75. The molecule has 4 aromatic rings. The highest BCUT2D eigenvalue weighted by atomic mass is 35.5. The molecule has 0 radical (unpaired) electrons. The molecule has 0 aliphatic heterocycles. The lowest BCUT2D eigenvalue weighted by atomic mass is 10.1. The quantitative estimate of drug-likeness (QED) is 0.420. The molecule has 0 bridgehead atoms. The molecule has 2 aromatic carbocycles. The first-order valence-electron chi connectivity index (χ1n) is 9.54. The lowest BCUT2D eigenvalue weighted by molar-refractivity contribution is 0.521. The van der Waals surface area contributed by atoms with Crippen molar-refractivity contribution in [2.75, 3.05) is 14.1 Å². The van der Waals surface area contributed by atoms with Crippen LogP contribution in [-0.4, -0.2) is 44.2 Å². The van der Waals surface area contributed by atoms with E-state index in [-0.39, 0.29) is 15.4 Å².